The number of nitrogens with one attached hydrogen (secondary N) is 1. The van der Waals surface area contributed by atoms with Crippen molar-refractivity contribution in [2.24, 2.45) is 5.10 Å². The molecule has 1 N–H and O–H groups in total. The molecule has 0 saturated heterocycles. The van der Waals surface area contributed by atoms with E-state index in [4.69, 9.17) is 4.74 Å². The van der Waals surface area contributed by atoms with E-state index < -0.39 is 4.92 Å². The number of nitro benzene ring substituents is 1. The number of non-ortho nitro benzene ring substituents is 1. The standard InChI is InChI=1S/C27H24N4O4/c1-2-35-26(32)19-29-28-18-22-17-25(20-9-5-3-6-10-20)30(27(22)21-11-7-4-8-12-21)23-13-15-24(16-14-23)31(33)34/h3-18,29H,2,19H2,1H3/b28-18+. The van der Waals surface area contributed by atoms with E-state index in [9.17, 15) is 14.9 Å². The molecule has 0 aliphatic heterocycles. The van der Waals surface area contributed by atoms with Gasteiger partial charge in [-0.3, -0.25) is 20.3 Å². The van der Waals surface area contributed by atoms with Crippen molar-refractivity contribution in [1.82, 2.24) is 9.99 Å². The summed E-state index contributed by atoms with van der Waals surface area (Å²) in [4.78, 5) is 22.4. The third-order valence-corrected chi connectivity index (χ3v) is 5.29. The summed E-state index contributed by atoms with van der Waals surface area (Å²) in [5.41, 5.74) is 8.01. The summed E-state index contributed by atoms with van der Waals surface area (Å²) in [7, 11) is 0. The molecular formula is C27H24N4O4. The van der Waals surface area contributed by atoms with Gasteiger partial charge in [0.1, 0.15) is 6.54 Å². The van der Waals surface area contributed by atoms with E-state index in [-0.39, 0.29) is 18.2 Å². The van der Waals surface area contributed by atoms with Gasteiger partial charge in [-0.25, -0.2) is 0 Å². The van der Waals surface area contributed by atoms with Gasteiger partial charge in [0, 0.05) is 23.4 Å². The number of nitro groups is 1. The van der Waals surface area contributed by atoms with E-state index in [0.717, 1.165) is 33.8 Å². The van der Waals surface area contributed by atoms with Gasteiger partial charge < -0.3 is 9.30 Å². The fourth-order valence-electron chi connectivity index (χ4n) is 3.77. The molecule has 8 nitrogen and oxygen atoms in total. The Balaban J connectivity index is 1.86. The largest absolute Gasteiger partial charge is 0.465 e. The monoisotopic (exact) mass is 468 g/mol. The van der Waals surface area contributed by atoms with E-state index in [1.165, 1.54) is 12.1 Å². The first-order valence-corrected chi connectivity index (χ1v) is 11.1. The highest BCUT2D eigenvalue weighted by Gasteiger charge is 2.19. The van der Waals surface area contributed by atoms with Crippen molar-refractivity contribution in [2.75, 3.05) is 13.2 Å². The van der Waals surface area contributed by atoms with Crippen molar-refractivity contribution < 1.29 is 14.5 Å². The number of nitrogens with zero attached hydrogens (tertiary/aromatic N) is 3. The Kier molecular flexibility index (Phi) is 7.32. The SMILES string of the molecule is CCOC(=O)CN/N=C/c1cc(-c2ccccc2)n(-c2ccc([N+](=O)[O-])cc2)c1-c1ccccc1. The third kappa shape index (κ3) is 5.44. The minimum atomic E-state index is -0.414. The lowest BCUT2D eigenvalue weighted by atomic mass is 10.1. The first kappa shape index (κ1) is 23.4. The van der Waals surface area contributed by atoms with Crippen molar-refractivity contribution in [1.29, 1.82) is 0 Å². The molecule has 0 atom stereocenters. The number of carbonyl (C=O) groups excluding carboxylic acids is 1. The number of esters is 1. The fourth-order valence-corrected chi connectivity index (χ4v) is 3.77. The Hall–Kier alpha value is -4.72. The fraction of sp³-hybridized carbons (Fsp3) is 0.111. The molecule has 4 rings (SSSR count). The summed E-state index contributed by atoms with van der Waals surface area (Å²) in [6.07, 6.45) is 1.66. The van der Waals surface area contributed by atoms with Crippen molar-refractivity contribution in [3.63, 3.8) is 0 Å². The summed E-state index contributed by atoms with van der Waals surface area (Å²) >= 11 is 0. The van der Waals surface area contributed by atoms with Crippen molar-refractivity contribution in [3.8, 4) is 28.2 Å². The number of hydrazone groups is 1. The molecule has 0 fully saturated rings. The van der Waals surface area contributed by atoms with Crippen LogP contribution in [-0.2, 0) is 9.53 Å². The lowest BCUT2D eigenvalue weighted by Crippen LogP contribution is -2.20. The van der Waals surface area contributed by atoms with Crippen LogP contribution >= 0.6 is 0 Å². The molecule has 0 amide bonds. The topological polar surface area (TPSA) is 98.8 Å². The van der Waals surface area contributed by atoms with Crippen LogP contribution in [0.25, 0.3) is 28.2 Å². The minimum absolute atomic E-state index is 0.0216. The lowest BCUT2D eigenvalue weighted by Gasteiger charge is -2.15. The van der Waals surface area contributed by atoms with E-state index in [0.29, 0.717) is 6.61 Å². The Morgan fingerprint density at radius 3 is 2.23 bits per heavy atom. The average Bonchev–Trinajstić information content (AvgIpc) is 3.27. The molecule has 0 saturated carbocycles. The molecule has 8 heteroatoms. The summed E-state index contributed by atoms with van der Waals surface area (Å²) in [6.45, 7) is 2.01. The quantitative estimate of drug-likeness (QED) is 0.157. The van der Waals surface area contributed by atoms with Gasteiger partial charge in [-0.15, -0.1) is 0 Å². The van der Waals surface area contributed by atoms with Crippen molar-refractivity contribution in [2.45, 2.75) is 6.92 Å². The molecule has 0 spiro atoms. The predicted octanol–water partition coefficient (Wildman–Crippen LogP) is 5.21. The number of aromatic nitrogens is 1. The summed E-state index contributed by atoms with van der Waals surface area (Å²) < 4.78 is 6.98. The summed E-state index contributed by atoms with van der Waals surface area (Å²) in [6, 6.07) is 28.2. The van der Waals surface area contributed by atoms with Gasteiger partial charge in [0.05, 0.1) is 29.1 Å². The molecule has 35 heavy (non-hydrogen) atoms. The van der Waals surface area contributed by atoms with Crippen LogP contribution in [0.4, 0.5) is 5.69 Å². The second-order valence-electron chi connectivity index (χ2n) is 7.57. The first-order chi connectivity index (χ1) is 17.1. The van der Waals surface area contributed by atoms with Crippen LogP contribution in [0.3, 0.4) is 0 Å². The van der Waals surface area contributed by atoms with Crippen LogP contribution in [0.15, 0.2) is 96.1 Å². The normalized spacial score (nSPS) is 10.9. The zero-order chi connectivity index (χ0) is 24.6. The van der Waals surface area contributed by atoms with Gasteiger partial charge in [-0.05, 0) is 36.2 Å². The van der Waals surface area contributed by atoms with Crippen molar-refractivity contribution >= 4 is 17.9 Å². The minimum Gasteiger partial charge on any atom is -0.465 e. The van der Waals surface area contributed by atoms with Gasteiger partial charge in [0.15, 0.2) is 0 Å². The molecule has 0 radical (unpaired) electrons. The first-order valence-electron chi connectivity index (χ1n) is 11.1. The highest BCUT2D eigenvalue weighted by atomic mass is 16.6. The molecule has 4 aromatic rings. The summed E-state index contributed by atoms with van der Waals surface area (Å²) in [5.74, 6) is -0.388. The van der Waals surface area contributed by atoms with E-state index in [1.54, 1.807) is 25.3 Å². The molecule has 0 aliphatic rings. The van der Waals surface area contributed by atoms with Gasteiger partial charge in [-0.2, -0.15) is 5.10 Å². The lowest BCUT2D eigenvalue weighted by molar-refractivity contribution is -0.384. The Morgan fingerprint density at radius 1 is 1.00 bits per heavy atom. The van der Waals surface area contributed by atoms with E-state index >= 15 is 0 Å². The molecule has 0 aliphatic carbocycles. The number of ether oxygens (including phenoxy) is 1. The van der Waals surface area contributed by atoms with Crippen molar-refractivity contribution in [3.05, 3.63) is 107 Å². The number of hydrogen-bond donors (Lipinski definition) is 1. The predicted molar refractivity (Wildman–Crippen MR) is 136 cm³/mol. The zero-order valence-electron chi connectivity index (χ0n) is 19.1. The van der Waals surface area contributed by atoms with Crippen LogP contribution < -0.4 is 5.43 Å². The Labute approximate surface area is 202 Å². The second-order valence-corrected chi connectivity index (χ2v) is 7.57. The zero-order valence-corrected chi connectivity index (χ0v) is 19.1. The maximum absolute atomic E-state index is 11.6. The van der Waals surface area contributed by atoms with E-state index in [1.807, 2.05) is 66.7 Å². The van der Waals surface area contributed by atoms with Crippen LogP contribution in [0, 0.1) is 10.1 Å². The van der Waals surface area contributed by atoms with Gasteiger partial charge >= 0.3 is 5.97 Å². The molecule has 0 bridgehead atoms. The number of benzene rings is 3. The smallest absolute Gasteiger partial charge is 0.327 e. The Morgan fingerprint density at radius 2 is 1.63 bits per heavy atom. The molecule has 176 valence electrons. The molecule has 1 heterocycles. The molecule has 0 unspecified atom stereocenters. The van der Waals surface area contributed by atoms with Crippen LogP contribution in [0.2, 0.25) is 0 Å². The second kappa shape index (κ2) is 10.9. The molecular weight excluding hydrogens is 444 g/mol. The number of rotatable bonds is 9. The number of hydrogen-bond acceptors (Lipinski definition) is 6. The highest BCUT2D eigenvalue weighted by molar-refractivity contribution is 5.93. The van der Waals surface area contributed by atoms with Crippen LogP contribution in [0.5, 0.6) is 0 Å². The van der Waals surface area contributed by atoms with Gasteiger partial charge in [-0.1, -0.05) is 60.7 Å². The Bertz CT molecular complexity index is 1330. The number of carbonyl (C=O) groups is 1. The van der Waals surface area contributed by atoms with Gasteiger partial charge in [0.25, 0.3) is 5.69 Å². The van der Waals surface area contributed by atoms with Crippen LogP contribution in [-0.4, -0.2) is 34.8 Å². The maximum atomic E-state index is 11.6. The van der Waals surface area contributed by atoms with E-state index in [2.05, 4.69) is 15.1 Å². The molecule has 1 aromatic heterocycles. The average molecular weight is 469 g/mol. The third-order valence-electron chi connectivity index (χ3n) is 5.29. The van der Waals surface area contributed by atoms with Crippen LogP contribution in [0.1, 0.15) is 12.5 Å². The van der Waals surface area contributed by atoms with Gasteiger partial charge in [0.2, 0.25) is 0 Å². The highest BCUT2D eigenvalue weighted by Crippen LogP contribution is 2.35. The summed E-state index contributed by atoms with van der Waals surface area (Å²) in [5, 5.41) is 15.5. The molecule has 3 aromatic carbocycles. The maximum Gasteiger partial charge on any atom is 0.327 e.